The summed E-state index contributed by atoms with van der Waals surface area (Å²) in [5.74, 6) is 1.74. The van der Waals surface area contributed by atoms with Crippen LogP contribution in [0.2, 0.25) is 0 Å². The molecule has 0 radical (unpaired) electrons. The van der Waals surface area contributed by atoms with E-state index in [0.29, 0.717) is 0 Å². The molecule has 0 heterocycles. The molecule has 0 unspecified atom stereocenters. The van der Waals surface area contributed by atoms with Crippen LogP contribution < -0.4 is 4.74 Å². The van der Waals surface area contributed by atoms with Gasteiger partial charge < -0.3 is 4.74 Å². The molecule has 0 amide bonds. The molecule has 0 saturated carbocycles. The van der Waals surface area contributed by atoms with Crippen LogP contribution >= 0.6 is 0 Å². The average molecular weight is 623 g/mol. The van der Waals surface area contributed by atoms with E-state index in [9.17, 15) is 0 Å². The lowest BCUT2D eigenvalue weighted by atomic mass is 9.84. The lowest BCUT2D eigenvalue weighted by Crippen LogP contribution is -1.93. The molecule has 10 rings (SSSR count). The molecule has 0 aromatic heterocycles. The molecule has 228 valence electrons. The Balaban J connectivity index is 1.28. The van der Waals surface area contributed by atoms with Crippen LogP contribution in [0.25, 0.3) is 86.9 Å². The molecule has 10 aromatic rings. The number of hydrogen-bond acceptors (Lipinski definition) is 1. The van der Waals surface area contributed by atoms with Crippen molar-refractivity contribution in [2.75, 3.05) is 0 Å². The first-order valence-electron chi connectivity index (χ1n) is 16.8. The number of ether oxygens (including phenoxy) is 1. The summed E-state index contributed by atoms with van der Waals surface area (Å²) in [4.78, 5) is 0. The zero-order valence-corrected chi connectivity index (χ0v) is 26.7. The van der Waals surface area contributed by atoms with E-state index in [-0.39, 0.29) is 0 Å². The highest BCUT2D eigenvalue weighted by molar-refractivity contribution is 6.25. The zero-order chi connectivity index (χ0) is 32.3. The maximum atomic E-state index is 7.00. The molecule has 1 heteroatoms. The number of fused-ring (bicyclic) bond motifs is 6. The Labute approximate surface area is 284 Å². The summed E-state index contributed by atoms with van der Waals surface area (Å²) < 4.78 is 7.00. The highest BCUT2D eigenvalue weighted by atomic mass is 16.5. The fourth-order valence-corrected chi connectivity index (χ4v) is 7.85. The molecule has 0 N–H and O–H groups in total. The predicted molar refractivity (Wildman–Crippen MR) is 209 cm³/mol. The molecule has 0 fully saturated rings. The van der Waals surface area contributed by atoms with Gasteiger partial charge in [-0.25, -0.2) is 0 Å². The zero-order valence-electron chi connectivity index (χ0n) is 26.7. The van der Waals surface area contributed by atoms with E-state index in [4.69, 9.17) is 4.74 Å². The Morgan fingerprint density at radius 3 is 1.55 bits per heavy atom. The summed E-state index contributed by atoms with van der Waals surface area (Å²) in [6, 6.07) is 65.6. The maximum absolute atomic E-state index is 7.00. The van der Waals surface area contributed by atoms with Crippen molar-refractivity contribution in [1.29, 1.82) is 0 Å². The maximum Gasteiger partial charge on any atom is 0.143 e. The summed E-state index contributed by atoms with van der Waals surface area (Å²) in [5, 5.41) is 14.2. The van der Waals surface area contributed by atoms with Crippen molar-refractivity contribution in [1.82, 2.24) is 0 Å². The molecular formula is C48H30O. The summed E-state index contributed by atoms with van der Waals surface area (Å²) >= 11 is 0. The van der Waals surface area contributed by atoms with E-state index in [1.165, 1.54) is 60.0 Å². The largest absolute Gasteiger partial charge is 0.455 e. The van der Waals surface area contributed by atoms with Gasteiger partial charge in [0, 0.05) is 16.2 Å². The third-order valence-corrected chi connectivity index (χ3v) is 10.1. The molecule has 49 heavy (non-hydrogen) atoms. The first-order chi connectivity index (χ1) is 24.3. The van der Waals surface area contributed by atoms with Gasteiger partial charge >= 0.3 is 0 Å². The Hall–Kier alpha value is -6.44. The van der Waals surface area contributed by atoms with E-state index in [2.05, 4.69) is 182 Å². The van der Waals surface area contributed by atoms with E-state index in [1.807, 2.05) is 0 Å². The van der Waals surface area contributed by atoms with Gasteiger partial charge in [-0.3, -0.25) is 0 Å². The summed E-state index contributed by atoms with van der Waals surface area (Å²) in [5.41, 5.74) is 4.94. The van der Waals surface area contributed by atoms with Crippen molar-refractivity contribution in [3.63, 3.8) is 0 Å². The number of hydrogen-bond donors (Lipinski definition) is 0. The van der Waals surface area contributed by atoms with Crippen LogP contribution in [0.3, 0.4) is 0 Å². The monoisotopic (exact) mass is 622 g/mol. The molecule has 0 bridgehead atoms. The lowest BCUT2D eigenvalue weighted by molar-refractivity contribution is 0.499. The quantitative estimate of drug-likeness (QED) is 0.177. The second-order valence-electron chi connectivity index (χ2n) is 12.8. The van der Waals surface area contributed by atoms with Gasteiger partial charge in [0.15, 0.2) is 0 Å². The van der Waals surface area contributed by atoms with Crippen LogP contribution in [0.5, 0.6) is 11.5 Å². The van der Waals surface area contributed by atoms with Crippen LogP contribution in [-0.2, 0) is 0 Å². The molecule has 1 nitrogen and oxygen atoms in total. The molecule has 10 aromatic carbocycles. The van der Waals surface area contributed by atoms with Gasteiger partial charge in [-0.2, -0.15) is 0 Å². The van der Waals surface area contributed by atoms with Crippen LogP contribution in [0, 0.1) is 0 Å². The van der Waals surface area contributed by atoms with E-state index < -0.39 is 0 Å². The first-order valence-corrected chi connectivity index (χ1v) is 16.8. The van der Waals surface area contributed by atoms with Crippen LogP contribution in [0.1, 0.15) is 0 Å². The van der Waals surface area contributed by atoms with E-state index in [0.717, 1.165) is 38.4 Å². The van der Waals surface area contributed by atoms with Crippen molar-refractivity contribution in [2.45, 2.75) is 0 Å². The lowest BCUT2D eigenvalue weighted by Gasteiger charge is -2.20. The number of benzene rings is 10. The normalized spacial score (nSPS) is 11.7. The van der Waals surface area contributed by atoms with Crippen LogP contribution in [0.4, 0.5) is 0 Å². The van der Waals surface area contributed by atoms with Gasteiger partial charge in [0.05, 0.1) is 0 Å². The second-order valence-corrected chi connectivity index (χ2v) is 12.8. The van der Waals surface area contributed by atoms with Crippen molar-refractivity contribution < 1.29 is 4.74 Å². The third-order valence-electron chi connectivity index (χ3n) is 10.1. The van der Waals surface area contributed by atoms with Gasteiger partial charge in [0.25, 0.3) is 0 Å². The Kier molecular flexibility index (Phi) is 6.25. The van der Waals surface area contributed by atoms with Gasteiger partial charge in [0.1, 0.15) is 11.5 Å². The minimum absolute atomic E-state index is 0.858. The molecule has 0 spiro atoms. The van der Waals surface area contributed by atoms with E-state index >= 15 is 0 Å². The molecule has 0 aliphatic carbocycles. The minimum Gasteiger partial charge on any atom is -0.455 e. The summed E-state index contributed by atoms with van der Waals surface area (Å²) in [7, 11) is 0. The Morgan fingerprint density at radius 1 is 0.286 bits per heavy atom. The predicted octanol–water partition coefficient (Wildman–Crippen LogP) is 13.7. The smallest absolute Gasteiger partial charge is 0.143 e. The molecule has 0 aliphatic heterocycles. The molecular weight excluding hydrogens is 593 g/mol. The minimum atomic E-state index is 0.858. The molecule has 0 saturated heterocycles. The SMILES string of the molecule is c1ccc2cc(-c3c4ccccc4c(-c4cccc5c(Oc6cccc7ccccc67)c6ccccc6cc45)c4ccccc34)ccc2c1. The van der Waals surface area contributed by atoms with Crippen LogP contribution in [0.15, 0.2) is 182 Å². The van der Waals surface area contributed by atoms with Gasteiger partial charge in [-0.1, -0.05) is 164 Å². The van der Waals surface area contributed by atoms with Crippen LogP contribution in [-0.4, -0.2) is 0 Å². The van der Waals surface area contributed by atoms with Gasteiger partial charge in [-0.15, -0.1) is 0 Å². The standard InChI is InChI=1S/C48H30O/c1-2-15-33-29-35(28-27-31(33)13-1)46-38-20-7-9-22-40(38)47(41-23-10-8-21-39(41)46)42-24-12-25-43-44(42)30-34-16-4-6-19-37(34)48(43)49-45-26-11-17-32-14-3-5-18-36(32)45/h1-30H. The first kappa shape index (κ1) is 27.7. The van der Waals surface area contributed by atoms with Crippen molar-refractivity contribution in [3.05, 3.63) is 182 Å². The third kappa shape index (κ3) is 4.40. The Morgan fingerprint density at radius 2 is 0.816 bits per heavy atom. The second kappa shape index (κ2) is 11.1. The van der Waals surface area contributed by atoms with Crippen molar-refractivity contribution in [3.8, 4) is 33.8 Å². The fraction of sp³-hybridized carbons (Fsp3) is 0. The number of rotatable bonds is 4. The fourth-order valence-electron chi connectivity index (χ4n) is 7.85. The topological polar surface area (TPSA) is 9.23 Å². The highest BCUT2D eigenvalue weighted by Gasteiger charge is 2.20. The average Bonchev–Trinajstić information content (AvgIpc) is 3.16. The van der Waals surface area contributed by atoms with Crippen molar-refractivity contribution in [2.24, 2.45) is 0 Å². The van der Waals surface area contributed by atoms with Gasteiger partial charge in [0.2, 0.25) is 0 Å². The summed E-state index contributed by atoms with van der Waals surface area (Å²) in [6.07, 6.45) is 0. The van der Waals surface area contributed by atoms with E-state index in [1.54, 1.807) is 0 Å². The van der Waals surface area contributed by atoms with Gasteiger partial charge in [-0.05, 0) is 88.9 Å². The Bertz CT molecular complexity index is 2850. The summed E-state index contributed by atoms with van der Waals surface area (Å²) in [6.45, 7) is 0. The molecule has 0 atom stereocenters. The van der Waals surface area contributed by atoms with Crippen molar-refractivity contribution >= 4 is 64.6 Å². The highest BCUT2D eigenvalue weighted by Crippen LogP contribution is 2.48. The molecule has 0 aliphatic rings.